The molecule has 4 nitrogen and oxygen atoms in total. The first kappa shape index (κ1) is 19.0. The highest BCUT2D eigenvalue weighted by Crippen LogP contribution is 2.34. The molecule has 0 aromatic heterocycles. The second kappa shape index (κ2) is 8.00. The number of rotatable bonds is 6. The molecule has 0 aliphatic carbocycles. The Kier molecular flexibility index (Phi) is 6.62. The van der Waals surface area contributed by atoms with Crippen LogP contribution in [-0.2, 0) is 9.53 Å². The van der Waals surface area contributed by atoms with Gasteiger partial charge in [-0.2, -0.15) is 17.6 Å². The van der Waals surface area contributed by atoms with Gasteiger partial charge in [0.25, 0.3) is 0 Å². The minimum absolute atomic E-state index is 0.0207. The van der Waals surface area contributed by atoms with Gasteiger partial charge >= 0.3 is 12.1 Å². The van der Waals surface area contributed by atoms with Crippen molar-refractivity contribution in [2.75, 3.05) is 20.0 Å². The summed E-state index contributed by atoms with van der Waals surface area (Å²) < 4.78 is 60.3. The topological polar surface area (TPSA) is 52.6 Å². The Balaban J connectivity index is 2.86. The third kappa shape index (κ3) is 5.27. The fourth-order valence-electron chi connectivity index (χ4n) is 1.47. The highest BCUT2D eigenvalue weighted by atomic mass is 32.2. The average molecular weight is 352 g/mol. The number of esters is 1. The first-order chi connectivity index (χ1) is 10.7. The van der Waals surface area contributed by atoms with E-state index in [4.69, 9.17) is 4.74 Å². The van der Waals surface area contributed by atoms with E-state index in [0.717, 1.165) is 0 Å². The second-order valence-corrected chi connectivity index (χ2v) is 5.01. The van der Waals surface area contributed by atoms with E-state index in [1.165, 1.54) is 31.4 Å². The zero-order valence-electron chi connectivity index (χ0n) is 12.1. The minimum Gasteiger partial charge on any atom is -0.497 e. The van der Waals surface area contributed by atoms with E-state index in [1.807, 2.05) is 0 Å². The first-order valence-electron chi connectivity index (χ1n) is 6.06. The van der Waals surface area contributed by atoms with Crippen molar-refractivity contribution in [3.63, 3.8) is 0 Å². The summed E-state index contributed by atoms with van der Waals surface area (Å²) >= 11 is -0.0207. The van der Waals surface area contributed by atoms with Crippen LogP contribution in [0, 0.1) is 0 Å². The number of ketones is 1. The lowest BCUT2D eigenvalue weighted by Crippen LogP contribution is -2.22. The molecule has 9 heteroatoms. The summed E-state index contributed by atoms with van der Waals surface area (Å²) in [6.07, 6.45) is -5.21. The van der Waals surface area contributed by atoms with Crippen LogP contribution >= 0.6 is 11.8 Å². The van der Waals surface area contributed by atoms with Crippen LogP contribution in [0.1, 0.15) is 10.4 Å². The molecule has 1 rings (SSSR count). The van der Waals surface area contributed by atoms with Crippen molar-refractivity contribution < 1.29 is 36.6 Å². The number of alkyl halides is 3. The third-order valence-corrected chi connectivity index (χ3v) is 3.48. The normalized spacial score (nSPS) is 12.4. The molecule has 0 spiro atoms. The molecule has 1 aromatic carbocycles. The SMILES string of the molecule is COC(=O)C(=C(F)SCC(=O)c1ccc(OC)cc1)C(F)(F)F. The number of carbonyl (C=O) groups excluding carboxylic acids is 2. The van der Waals surface area contributed by atoms with Gasteiger partial charge in [-0.1, -0.05) is 11.8 Å². The molecule has 0 saturated carbocycles. The van der Waals surface area contributed by atoms with Crippen LogP contribution in [0.2, 0.25) is 0 Å². The molecule has 0 bridgehead atoms. The summed E-state index contributed by atoms with van der Waals surface area (Å²) in [5.74, 6) is -2.56. The Morgan fingerprint density at radius 3 is 2.13 bits per heavy atom. The van der Waals surface area contributed by atoms with Crippen LogP contribution in [0.5, 0.6) is 5.75 Å². The number of hydrogen-bond donors (Lipinski definition) is 0. The quantitative estimate of drug-likeness (QED) is 0.339. The maximum atomic E-state index is 13.6. The molecule has 0 heterocycles. The number of Topliss-reactive ketones (excluding diaryl/α,β-unsaturated/α-hetero) is 1. The van der Waals surface area contributed by atoms with E-state index in [1.54, 1.807) is 0 Å². The molecule has 0 saturated heterocycles. The van der Waals surface area contributed by atoms with Crippen LogP contribution in [0.15, 0.2) is 35.0 Å². The summed E-state index contributed by atoms with van der Waals surface area (Å²) in [5, 5.41) is -1.81. The molecule has 23 heavy (non-hydrogen) atoms. The summed E-state index contributed by atoms with van der Waals surface area (Å²) in [7, 11) is 2.13. The Labute approximate surface area is 133 Å². The zero-order chi connectivity index (χ0) is 17.6. The van der Waals surface area contributed by atoms with Crippen molar-refractivity contribution in [1.29, 1.82) is 0 Å². The lowest BCUT2D eigenvalue weighted by Gasteiger charge is -2.10. The lowest BCUT2D eigenvalue weighted by molar-refractivity contribution is -0.148. The van der Waals surface area contributed by atoms with Gasteiger partial charge in [0.15, 0.2) is 16.5 Å². The van der Waals surface area contributed by atoms with Gasteiger partial charge in [0.05, 0.1) is 20.0 Å². The van der Waals surface area contributed by atoms with Crippen molar-refractivity contribution >= 4 is 23.5 Å². The maximum absolute atomic E-state index is 13.6. The smallest absolute Gasteiger partial charge is 0.426 e. The number of thioether (sulfide) groups is 1. The van der Waals surface area contributed by atoms with E-state index in [0.29, 0.717) is 12.9 Å². The van der Waals surface area contributed by atoms with Gasteiger partial charge in [-0.3, -0.25) is 4.79 Å². The molecular formula is C14H12F4O4S. The Bertz CT molecular complexity index is 608. The van der Waals surface area contributed by atoms with E-state index in [-0.39, 0.29) is 17.3 Å². The minimum atomic E-state index is -5.21. The highest BCUT2D eigenvalue weighted by Gasteiger charge is 2.43. The third-order valence-electron chi connectivity index (χ3n) is 2.61. The van der Waals surface area contributed by atoms with Gasteiger partial charge in [0.2, 0.25) is 0 Å². The fraction of sp³-hybridized carbons (Fsp3) is 0.286. The van der Waals surface area contributed by atoms with Gasteiger partial charge in [-0.05, 0) is 24.3 Å². The molecule has 0 unspecified atom stereocenters. The Hall–Kier alpha value is -2.03. The van der Waals surface area contributed by atoms with Crippen LogP contribution in [-0.4, -0.2) is 37.9 Å². The molecular weight excluding hydrogens is 340 g/mol. The van der Waals surface area contributed by atoms with Crippen molar-refractivity contribution in [3.05, 3.63) is 40.6 Å². The highest BCUT2D eigenvalue weighted by molar-refractivity contribution is 8.03. The largest absolute Gasteiger partial charge is 0.497 e. The maximum Gasteiger partial charge on any atom is 0.426 e. The predicted octanol–water partition coefficient (Wildman–Crippen LogP) is 3.53. The van der Waals surface area contributed by atoms with Crippen LogP contribution < -0.4 is 4.74 Å². The Morgan fingerprint density at radius 1 is 1.13 bits per heavy atom. The predicted molar refractivity (Wildman–Crippen MR) is 76.0 cm³/mol. The van der Waals surface area contributed by atoms with E-state index < -0.39 is 34.4 Å². The zero-order valence-corrected chi connectivity index (χ0v) is 12.9. The average Bonchev–Trinajstić information content (AvgIpc) is 2.51. The molecule has 0 fully saturated rings. The summed E-state index contributed by atoms with van der Waals surface area (Å²) in [4.78, 5) is 22.8. The van der Waals surface area contributed by atoms with Crippen LogP contribution in [0.3, 0.4) is 0 Å². The monoisotopic (exact) mass is 352 g/mol. The lowest BCUT2D eigenvalue weighted by atomic mass is 10.1. The number of halogens is 4. The molecule has 0 aliphatic heterocycles. The van der Waals surface area contributed by atoms with Crippen molar-refractivity contribution in [2.24, 2.45) is 0 Å². The standard InChI is InChI=1S/C14H12F4O4S/c1-21-9-5-3-8(4-6-9)10(19)7-23-12(15)11(13(20)22-2)14(16,17)18/h3-6H,7H2,1-2H3. The fourth-order valence-corrected chi connectivity index (χ4v) is 2.24. The Morgan fingerprint density at radius 2 is 1.70 bits per heavy atom. The number of ether oxygens (including phenoxy) is 2. The molecule has 0 radical (unpaired) electrons. The summed E-state index contributed by atoms with van der Waals surface area (Å²) in [6, 6.07) is 5.77. The van der Waals surface area contributed by atoms with Gasteiger partial charge in [-0.25, -0.2) is 4.79 Å². The molecule has 0 atom stereocenters. The number of hydrogen-bond acceptors (Lipinski definition) is 5. The van der Waals surface area contributed by atoms with Gasteiger partial charge in [0.1, 0.15) is 5.75 Å². The second-order valence-electron chi connectivity index (χ2n) is 4.08. The summed E-state index contributed by atoms with van der Waals surface area (Å²) in [5.41, 5.74) is -1.88. The number of carbonyl (C=O) groups is 2. The van der Waals surface area contributed by atoms with Gasteiger partial charge in [-0.15, -0.1) is 0 Å². The molecule has 1 aromatic rings. The van der Waals surface area contributed by atoms with Gasteiger partial charge in [0, 0.05) is 5.56 Å². The molecule has 0 aliphatic rings. The van der Waals surface area contributed by atoms with Crippen molar-refractivity contribution in [3.8, 4) is 5.75 Å². The van der Waals surface area contributed by atoms with E-state index in [2.05, 4.69) is 4.74 Å². The van der Waals surface area contributed by atoms with Crippen molar-refractivity contribution in [1.82, 2.24) is 0 Å². The molecule has 0 amide bonds. The van der Waals surface area contributed by atoms with Gasteiger partial charge < -0.3 is 9.47 Å². The van der Waals surface area contributed by atoms with E-state index >= 15 is 0 Å². The summed E-state index contributed by atoms with van der Waals surface area (Å²) in [6.45, 7) is 0. The van der Waals surface area contributed by atoms with Crippen LogP contribution in [0.25, 0.3) is 0 Å². The van der Waals surface area contributed by atoms with Crippen LogP contribution in [0.4, 0.5) is 17.6 Å². The number of benzene rings is 1. The first-order valence-corrected chi connectivity index (χ1v) is 7.04. The molecule has 126 valence electrons. The van der Waals surface area contributed by atoms with E-state index in [9.17, 15) is 27.2 Å². The number of methoxy groups -OCH3 is 2. The van der Waals surface area contributed by atoms with Crippen molar-refractivity contribution in [2.45, 2.75) is 6.18 Å². The molecule has 0 N–H and O–H groups in total.